The zero-order valence-corrected chi connectivity index (χ0v) is 13.1. The summed E-state index contributed by atoms with van der Waals surface area (Å²) in [5, 5.41) is 0. The molecule has 1 aromatic rings. The van der Waals surface area contributed by atoms with E-state index in [0.717, 1.165) is 31.5 Å². The van der Waals surface area contributed by atoms with Crippen LogP contribution in [-0.2, 0) is 11.2 Å². The monoisotopic (exact) mass is 286 g/mol. The maximum absolute atomic E-state index is 12.5. The maximum atomic E-state index is 12.5. The molecular formula is C18H26N2O. The van der Waals surface area contributed by atoms with Gasteiger partial charge in [0.1, 0.15) is 0 Å². The van der Waals surface area contributed by atoms with E-state index in [1.54, 1.807) is 0 Å². The lowest BCUT2D eigenvalue weighted by molar-refractivity contribution is -0.129. The van der Waals surface area contributed by atoms with Gasteiger partial charge in [0.25, 0.3) is 0 Å². The molecule has 2 aliphatic rings. The molecule has 0 aromatic heterocycles. The number of benzene rings is 1. The molecule has 1 amide bonds. The largest absolute Gasteiger partial charge is 0.342 e. The minimum atomic E-state index is 0.279. The molecule has 3 atom stereocenters. The van der Waals surface area contributed by atoms with Crippen LogP contribution in [0.5, 0.6) is 0 Å². The van der Waals surface area contributed by atoms with Gasteiger partial charge in [0, 0.05) is 19.1 Å². The first kappa shape index (κ1) is 14.6. The summed E-state index contributed by atoms with van der Waals surface area (Å²) in [6.45, 7) is 6.08. The molecule has 1 aliphatic heterocycles. The van der Waals surface area contributed by atoms with Gasteiger partial charge in [0.15, 0.2) is 0 Å². The zero-order valence-electron chi connectivity index (χ0n) is 13.1. The Kier molecular flexibility index (Phi) is 4.03. The highest BCUT2D eigenvalue weighted by atomic mass is 16.2. The van der Waals surface area contributed by atoms with Crippen LogP contribution in [0, 0.1) is 25.7 Å². The van der Waals surface area contributed by atoms with Crippen molar-refractivity contribution < 1.29 is 4.79 Å². The number of amides is 1. The highest BCUT2D eigenvalue weighted by Gasteiger charge is 2.38. The number of aryl methyl sites for hydroxylation is 2. The van der Waals surface area contributed by atoms with Gasteiger partial charge in [-0.05, 0) is 61.6 Å². The fourth-order valence-corrected chi connectivity index (χ4v) is 3.87. The maximum Gasteiger partial charge on any atom is 0.227 e. The summed E-state index contributed by atoms with van der Waals surface area (Å²) in [4.78, 5) is 14.6. The van der Waals surface area contributed by atoms with Crippen LogP contribution in [0.1, 0.15) is 36.0 Å². The first-order chi connectivity index (χ1) is 10.0. The number of nitrogens with two attached hydrogens (primary N) is 1. The lowest BCUT2D eigenvalue weighted by atomic mass is 9.79. The second-order valence-corrected chi connectivity index (χ2v) is 6.99. The molecular weight excluding hydrogens is 260 g/mol. The van der Waals surface area contributed by atoms with Gasteiger partial charge >= 0.3 is 0 Å². The summed E-state index contributed by atoms with van der Waals surface area (Å²) in [6.07, 6.45) is 3.95. The average molecular weight is 286 g/mol. The fourth-order valence-electron chi connectivity index (χ4n) is 3.87. The normalized spacial score (nSPS) is 28.5. The summed E-state index contributed by atoms with van der Waals surface area (Å²) in [7, 11) is 0. The third-order valence-electron chi connectivity index (χ3n) is 5.37. The molecule has 3 rings (SSSR count). The number of fused-ring (bicyclic) bond motifs is 1. The number of hydrogen-bond donors (Lipinski definition) is 1. The van der Waals surface area contributed by atoms with Gasteiger partial charge in [0.2, 0.25) is 5.91 Å². The predicted octanol–water partition coefficient (Wildman–Crippen LogP) is 2.43. The molecule has 0 bridgehead atoms. The number of likely N-dealkylation sites (tertiary alicyclic amines) is 1. The van der Waals surface area contributed by atoms with Gasteiger partial charge in [-0.15, -0.1) is 0 Å². The first-order valence-corrected chi connectivity index (χ1v) is 8.12. The Morgan fingerprint density at radius 2 is 1.95 bits per heavy atom. The highest BCUT2D eigenvalue weighted by Crippen LogP contribution is 2.35. The van der Waals surface area contributed by atoms with Crippen LogP contribution in [0.2, 0.25) is 0 Å². The number of carbonyl (C=O) groups is 1. The Balaban J connectivity index is 1.62. The Morgan fingerprint density at radius 1 is 1.19 bits per heavy atom. The van der Waals surface area contributed by atoms with Crippen molar-refractivity contribution in [2.45, 2.75) is 45.6 Å². The summed E-state index contributed by atoms with van der Waals surface area (Å²) < 4.78 is 0. The van der Waals surface area contributed by atoms with E-state index in [-0.39, 0.29) is 5.91 Å². The SMILES string of the molecule is Cc1ccc(CC(=O)N2C[C@H]3CCC(N)C[C@H]3C2)cc1C. The number of nitrogens with zero attached hydrogens (tertiary/aromatic N) is 1. The van der Waals surface area contributed by atoms with Crippen molar-refractivity contribution in [1.29, 1.82) is 0 Å². The lowest BCUT2D eigenvalue weighted by Gasteiger charge is -2.27. The molecule has 1 saturated heterocycles. The standard InChI is InChI=1S/C18H26N2O/c1-12-3-4-14(7-13(12)2)8-18(21)20-10-15-5-6-17(19)9-16(15)11-20/h3-4,7,15-17H,5-6,8-11,19H2,1-2H3/t15-,16+,17?/m1/s1. The zero-order chi connectivity index (χ0) is 15.0. The van der Waals surface area contributed by atoms with Crippen molar-refractivity contribution in [3.8, 4) is 0 Å². The molecule has 1 unspecified atom stereocenters. The summed E-state index contributed by atoms with van der Waals surface area (Å²) in [6, 6.07) is 6.69. The number of hydrogen-bond acceptors (Lipinski definition) is 2. The molecule has 1 heterocycles. The van der Waals surface area contributed by atoms with Gasteiger partial charge in [-0.2, -0.15) is 0 Å². The summed E-state index contributed by atoms with van der Waals surface area (Å²) in [5.41, 5.74) is 9.75. The van der Waals surface area contributed by atoms with Gasteiger partial charge in [-0.1, -0.05) is 18.2 Å². The van der Waals surface area contributed by atoms with Crippen LogP contribution in [0.15, 0.2) is 18.2 Å². The van der Waals surface area contributed by atoms with Crippen LogP contribution >= 0.6 is 0 Å². The summed E-state index contributed by atoms with van der Waals surface area (Å²) in [5.74, 6) is 1.60. The van der Waals surface area contributed by atoms with Crippen molar-refractivity contribution >= 4 is 5.91 Å². The average Bonchev–Trinajstić information content (AvgIpc) is 2.86. The minimum absolute atomic E-state index is 0.279. The predicted molar refractivity (Wildman–Crippen MR) is 85.0 cm³/mol. The summed E-state index contributed by atoms with van der Waals surface area (Å²) >= 11 is 0. The second kappa shape index (κ2) is 5.80. The van der Waals surface area contributed by atoms with Gasteiger partial charge in [-0.3, -0.25) is 4.79 Å². The van der Waals surface area contributed by atoms with Crippen LogP contribution in [-0.4, -0.2) is 29.9 Å². The van der Waals surface area contributed by atoms with E-state index in [0.29, 0.717) is 24.3 Å². The molecule has 3 heteroatoms. The molecule has 21 heavy (non-hydrogen) atoms. The van der Waals surface area contributed by atoms with Gasteiger partial charge in [-0.25, -0.2) is 0 Å². The van der Waals surface area contributed by atoms with Gasteiger partial charge < -0.3 is 10.6 Å². The molecule has 2 N–H and O–H groups in total. The molecule has 2 fully saturated rings. The third-order valence-corrected chi connectivity index (χ3v) is 5.37. The Bertz CT molecular complexity index is 540. The van der Waals surface area contributed by atoms with E-state index in [9.17, 15) is 4.79 Å². The van der Waals surface area contributed by atoms with Crippen molar-refractivity contribution in [3.63, 3.8) is 0 Å². The lowest BCUT2D eigenvalue weighted by Crippen LogP contribution is -2.32. The van der Waals surface area contributed by atoms with Crippen molar-refractivity contribution in [2.24, 2.45) is 17.6 Å². The molecule has 1 aromatic carbocycles. The van der Waals surface area contributed by atoms with Crippen LogP contribution in [0.3, 0.4) is 0 Å². The van der Waals surface area contributed by atoms with E-state index < -0.39 is 0 Å². The quantitative estimate of drug-likeness (QED) is 0.907. The van der Waals surface area contributed by atoms with Crippen LogP contribution < -0.4 is 5.73 Å². The number of rotatable bonds is 2. The minimum Gasteiger partial charge on any atom is -0.342 e. The number of carbonyl (C=O) groups excluding carboxylic acids is 1. The van der Waals surface area contributed by atoms with E-state index in [1.165, 1.54) is 17.5 Å². The highest BCUT2D eigenvalue weighted by molar-refractivity contribution is 5.79. The topological polar surface area (TPSA) is 46.3 Å². The van der Waals surface area contributed by atoms with Crippen molar-refractivity contribution in [1.82, 2.24) is 4.90 Å². The molecule has 0 radical (unpaired) electrons. The van der Waals surface area contributed by atoms with Crippen molar-refractivity contribution in [3.05, 3.63) is 34.9 Å². The smallest absolute Gasteiger partial charge is 0.227 e. The fraction of sp³-hybridized carbons (Fsp3) is 0.611. The van der Waals surface area contributed by atoms with E-state index in [4.69, 9.17) is 5.73 Å². The van der Waals surface area contributed by atoms with E-state index >= 15 is 0 Å². The molecule has 0 spiro atoms. The molecule has 114 valence electrons. The van der Waals surface area contributed by atoms with Crippen molar-refractivity contribution in [2.75, 3.05) is 13.1 Å². The van der Waals surface area contributed by atoms with E-state index in [2.05, 4.69) is 36.9 Å². The molecule has 1 aliphatic carbocycles. The first-order valence-electron chi connectivity index (χ1n) is 8.12. The Labute approximate surface area is 127 Å². The molecule has 3 nitrogen and oxygen atoms in total. The molecule has 1 saturated carbocycles. The Hall–Kier alpha value is -1.35. The van der Waals surface area contributed by atoms with Gasteiger partial charge in [0.05, 0.1) is 6.42 Å². The van der Waals surface area contributed by atoms with Crippen LogP contribution in [0.25, 0.3) is 0 Å². The van der Waals surface area contributed by atoms with E-state index in [1.807, 2.05) is 0 Å². The Morgan fingerprint density at radius 3 is 2.71 bits per heavy atom. The second-order valence-electron chi connectivity index (χ2n) is 6.99. The van der Waals surface area contributed by atoms with Crippen LogP contribution in [0.4, 0.5) is 0 Å². The third kappa shape index (κ3) is 3.13.